The molecule has 0 N–H and O–H groups in total. The smallest absolute Gasteiger partial charge is 0.332 e. The Hall–Kier alpha value is -2.68. The number of aromatic nitrogens is 4. The summed E-state index contributed by atoms with van der Waals surface area (Å²) in [6, 6.07) is 7.13. The predicted molar refractivity (Wildman–Crippen MR) is 119 cm³/mol. The van der Waals surface area contributed by atoms with Crippen LogP contribution in [0.3, 0.4) is 0 Å². The van der Waals surface area contributed by atoms with Crippen molar-refractivity contribution in [3.05, 3.63) is 55.1 Å². The Morgan fingerprint density at radius 1 is 1.17 bits per heavy atom. The maximum atomic E-state index is 13.1. The van der Waals surface area contributed by atoms with Crippen molar-refractivity contribution in [3.63, 3.8) is 0 Å². The Bertz CT molecular complexity index is 1240. The van der Waals surface area contributed by atoms with Gasteiger partial charge in [-0.25, -0.2) is 4.79 Å². The zero-order valence-corrected chi connectivity index (χ0v) is 18.8. The molecule has 1 atom stereocenters. The first-order valence-corrected chi connectivity index (χ1v) is 10.8. The largest absolute Gasteiger partial charge is 0.342 e. The lowest BCUT2D eigenvalue weighted by molar-refractivity contribution is 0.0973. The van der Waals surface area contributed by atoms with E-state index < -0.39 is 11.2 Å². The van der Waals surface area contributed by atoms with Crippen molar-refractivity contribution in [2.24, 2.45) is 20.0 Å². The van der Waals surface area contributed by atoms with Crippen LogP contribution in [0.5, 0.6) is 0 Å². The van der Waals surface area contributed by atoms with E-state index in [1.807, 2.05) is 12.1 Å². The second kappa shape index (κ2) is 7.86. The third-order valence-electron chi connectivity index (χ3n) is 5.74. The summed E-state index contributed by atoms with van der Waals surface area (Å²) in [6.45, 7) is 3.76. The van der Waals surface area contributed by atoms with E-state index in [2.05, 4.69) is 32.7 Å². The summed E-state index contributed by atoms with van der Waals surface area (Å²) in [4.78, 5) is 45.3. The predicted octanol–water partition coefficient (Wildman–Crippen LogP) is 2.32. The quantitative estimate of drug-likeness (QED) is 0.543. The summed E-state index contributed by atoms with van der Waals surface area (Å²) in [5, 5.41) is 0. The van der Waals surface area contributed by atoms with Crippen LogP contribution in [0.25, 0.3) is 11.2 Å². The number of nitrogens with zero attached hydrogens (tertiary/aromatic N) is 5. The minimum atomic E-state index is -0.444. The number of piperidine rings is 1. The number of fused-ring (bicyclic) bond motifs is 1. The van der Waals surface area contributed by atoms with Crippen molar-refractivity contribution in [3.8, 4) is 0 Å². The number of aryl methyl sites for hydroxylation is 1. The van der Waals surface area contributed by atoms with Crippen LogP contribution in [0.1, 0.15) is 30.1 Å². The van der Waals surface area contributed by atoms with Crippen molar-refractivity contribution < 1.29 is 4.79 Å². The molecule has 0 saturated carbocycles. The van der Waals surface area contributed by atoms with Gasteiger partial charge in [0.25, 0.3) is 5.56 Å². The van der Waals surface area contributed by atoms with E-state index in [0.717, 1.165) is 35.0 Å². The van der Waals surface area contributed by atoms with Crippen LogP contribution in [0.2, 0.25) is 0 Å². The number of imidazole rings is 1. The summed E-state index contributed by atoms with van der Waals surface area (Å²) in [5.74, 6) is 0.935. The van der Waals surface area contributed by atoms with Gasteiger partial charge in [-0.15, -0.1) is 0 Å². The first-order valence-electron chi connectivity index (χ1n) is 9.98. The maximum Gasteiger partial charge on any atom is 0.332 e. The number of rotatable bonds is 4. The molecule has 1 aliphatic heterocycles. The zero-order valence-electron chi connectivity index (χ0n) is 17.3. The van der Waals surface area contributed by atoms with E-state index in [9.17, 15) is 14.4 Å². The molecular weight excluding hydrogens is 450 g/mol. The molecule has 1 aliphatic rings. The molecule has 4 rings (SSSR count). The van der Waals surface area contributed by atoms with E-state index >= 15 is 0 Å². The number of ketones is 1. The van der Waals surface area contributed by atoms with Crippen LogP contribution in [0, 0.1) is 5.92 Å². The molecule has 1 aromatic carbocycles. The Balaban J connectivity index is 1.89. The third-order valence-corrected chi connectivity index (χ3v) is 6.26. The van der Waals surface area contributed by atoms with Gasteiger partial charge < -0.3 is 4.90 Å². The molecule has 0 spiro atoms. The highest BCUT2D eigenvalue weighted by Gasteiger charge is 2.26. The van der Waals surface area contributed by atoms with Gasteiger partial charge in [0.05, 0.1) is 6.54 Å². The van der Waals surface area contributed by atoms with Crippen LogP contribution in [0.4, 0.5) is 5.95 Å². The fourth-order valence-corrected chi connectivity index (χ4v) is 4.33. The van der Waals surface area contributed by atoms with Gasteiger partial charge in [-0.2, -0.15) is 4.98 Å². The van der Waals surface area contributed by atoms with Gasteiger partial charge in [-0.05, 0) is 30.9 Å². The molecule has 1 saturated heterocycles. The lowest BCUT2D eigenvalue weighted by Gasteiger charge is -2.32. The second-order valence-electron chi connectivity index (χ2n) is 8.00. The van der Waals surface area contributed by atoms with E-state index in [-0.39, 0.29) is 17.8 Å². The van der Waals surface area contributed by atoms with E-state index in [1.165, 1.54) is 11.6 Å². The number of carbonyl (C=O) groups excluding carboxylic acids is 1. The molecule has 1 unspecified atom stereocenters. The second-order valence-corrected chi connectivity index (χ2v) is 8.92. The van der Waals surface area contributed by atoms with Gasteiger partial charge in [0.2, 0.25) is 5.95 Å². The van der Waals surface area contributed by atoms with Crippen molar-refractivity contribution >= 4 is 38.8 Å². The van der Waals surface area contributed by atoms with Gasteiger partial charge in [0.1, 0.15) is 0 Å². The Labute approximate surface area is 181 Å². The van der Waals surface area contributed by atoms with Crippen LogP contribution < -0.4 is 16.1 Å². The van der Waals surface area contributed by atoms with Gasteiger partial charge in [0.15, 0.2) is 16.9 Å². The normalized spacial score (nSPS) is 16.9. The number of anilines is 1. The Morgan fingerprint density at radius 3 is 2.53 bits per heavy atom. The monoisotopic (exact) mass is 473 g/mol. The molecule has 9 heteroatoms. The summed E-state index contributed by atoms with van der Waals surface area (Å²) in [7, 11) is 3.04. The Kier molecular flexibility index (Phi) is 5.40. The molecule has 0 aliphatic carbocycles. The van der Waals surface area contributed by atoms with Gasteiger partial charge in [-0.1, -0.05) is 35.0 Å². The first kappa shape index (κ1) is 20.6. The van der Waals surface area contributed by atoms with E-state index in [4.69, 9.17) is 0 Å². The summed E-state index contributed by atoms with van der Waals surface area (Å²) >= 11 is 3.38. The van der Waals surface area contributed by atoms with Crippen molar-refractivity contribution in [1.82, 2.24) is 18.7 Å². The summed E-state index contributed by atoms with van der Waals surface area (Å²) in [5.41, 5.74) is 0.258. The standard InChI is InChI=1S/C21H24BrN5O3/c1-13-5-4-10-26(11-13)20-23-18-17(19(29)25(3)21(30)24(18)2)27(20)12-16(28)14-6-8-15(22)9-7-14/h6-9,13H,4-5,10-12H2,1-3H3. The zero-order chi connectivity index (χ0) is 21.6. The minimum absolute atomic E-state index is 0.0220. The van der Waals surface area contributed by atoms with Gasteiger partial charge >= 0.3 is 5.69 Å². The van der Waals surface area contributed by atoms with Crippen LogP contribution >= 0.6 is 15.9 Å². The highest BCUT2D eigenvalue weighted by molar-refractivity contribution is 9.10. The molecule has 0 radical (unpaired) electrons. The summed E-state index contributed by atoms with van der Waals surface area (Å²) in [6.07, 6.45) is 2.15. The highest BCUT2D eigenvalue weighted by Crippen LogP contribution is 2.25. The minimum Gasteiger partial charge on any atom is -0.342 e. The molecule has 1 fully saturated rings. The molecule has 3 aromatic rings. The first-order chi connectivity index (χ1) is 14.3. The maximum absolute atomic E-state index is 13.1. The van der Waals surface area contributed by atoms with Gasteiger partial charge in [-0.3, -0.25) is 23.3 Å². The molecule has 3 heterocycles. The Morgan fingerprint density at radius 2 is 1.87 bits per heavy atom. The lowest BCUT2D eigenvalue weighted by Crippen LogP contribution is -2.38. The van der Waals surface area contributed by atoms with Crippen molar-refractivity contribution in [1.29, 1.82) is 0 Å². The number of halogens is 1. The average Bonchev–Trinajstić information content (AvgIpc) is 3.10. The molecule has 158 valence electrons. The highest BCUT2D eigenvalue weighted by atomic mass is 79.9. The molecule has 30 heavy (non-hydrogen) atoms. The van der Waals surface area contributed by atoms with Crippen LogP contribution in [0.15, 0.2) is 38.3 Å². The van der Waals surface area contributed by atoms with E-state index in [1.54, 1.807) is 23.7 Å². The molecule has 2 aromatic heterocycles. The van der Waals surface area contributed by atoms with Crippen molar-refractivity contribution in [2.45, 2.75) is 26.3 Å². The van der Waals surface area contributed by atoms with Gasteiger partial charge in [0, 0.05) is 37.2 Å². The fraction of sp³-hybridized carbons (Fsp3) is 0.429. The topological polar surface area (TPSA) is 82.1 Å². The number of hydrogen-bond donors (Lipinski definition) is 0. The third kappa shape index (κ3) is 3.51. The van der Waals surface area contributed by atoms with Crippen LogP contribution in [-0.4, -0.2) is 37.6 Å². The van der Waals surface area contributed by atoms with Crippen molar-refractivity contribution in [2.75, 3.05) is 18.0 Å². The number of Topliss-reactive ketones (excluding diaryl/α,β-unsaturated/α-hetero) is 1. The molecular formula is C21H24BrN5O3. The fourth-order valence-electron chi connectivity index (χ4n) is 4.07. The van der Waals surface area contributed by atoms with Crippen LogP contribution in [-0.2, 0) is 20.6 Å². The molecule has 8 nitrogen and oxygen atoms in total. The number of hydrogen-bond acceptors (Lipinski definition) is 5. The molecule has 0 bridgehead atoms. The SMILES string of the molecule is CC1CCCN(c2nc3c(c(=O)n(C)c(=O)n3C)n2CC(=O)c2ccc(Br)cc2)C1. The number of carbonyl (C=O) groups is 1. The summed E-state index contributed by atoms with van der Waals surface area (Å²) < 4.78 is 5.00. The van der Waals surface area contributed by atoms with E-state index in [0.29, 0.717) is 23.1 Å². The molecule has 0 amide bonds. The number of benzene rings is 1. The lowest BCUT2D eigenvalue weighted by atomic mass is 10.0. The average molecular weight is 474 g/mol.